The van der Waals surface area contributed by atoms with Crippen molar-refractivity contribution in [1.29, 1.82) is 0 Å². The molecule has 6 nitrogen and oxygen atoms in total. The maximum Gasteiger partial charge on any atom is 0.244 e. The summed E-state index contributed by atoms with van der Waals surface area (Å²) in [6.45, 7) is 0. The van der Waals surface area contributed by atoms with E-state index in [2.05, 4.69) is 26.5 Å². The summed E-state index contributed by atoms with van der Waals surface area (Å²) in [6.07, 6.45) is 1.87. The quantitative estimate of drug-likeness (QED) is 0.194. The molecule has 3 aliphatic carbocycles. The van der Waals surface area contributed by atoms with Crippen molar-refractivity contribution in [2.24, 2.45) is 16.9 Å². The summed E-state index contributed by atoms with van der Waals surface area (Å²) in [6, 6.07) is 32.7. The summed E-state index contributed by atoms with van der Waals surface area (Å²) in [5.74, 6) is -2.27. The zero-order valence-corrected chi connectivity index (χ0v) is 22.9. The zero-order valence-electron chi connectivity index (χ0n) is 21.3. The first-order valence-electron chi connectivity index (χ1n) is 13.2. The number of nitrogens with one attached hydrogen (secondary N) is 1. The molecular formula is C33H24BrN3O3. The zero-order chi connectivity index (χ0) is 27.4. The molecular weight excluding hydrogens is 566 g/mol. The molecule has 0 saturated carbocycles. The second-order valence-corrected chi connectivity index (χ2v) is 11.4. The minimum absolute atomic E-state index is 0.182. The van der Waals surface area contributed by atoms with E-state index in [9.17, 15) is 14.4 Å². The Morgan fingerprint density at radius 3 is 2.08 bits per heavy atom. The summed E-state index contributed by atoms with van der Waals surface area (Å²) in [7, 11) is 0. The van der Waals surface area contributed by atoms with Crippen LogP contribution in [0.4, 0.5) is 5.69 Å². The van der Waals surface area contributed by atoms with Gasteiger partial charge < -0.3 is 0 Å². The van der Waals surface area contributed by atoms with Crippen LogP contribution in [0.3, 0.4) is 0 Å². The Morgan fingerprint density at radius 2 is 1.43 bits per heavy atom. The lowest BCUT2D eigenvalue weighted by Gasteiger charge is -2.52. The standard InChI is InChI=1S/C33H24BrN3O3/c34-21-14-16-22(17-15-21)37-31(39)29-28-23-10-4-6-12-25(23)33(30(29)32(37)40,26-13-7-5-11-24(26)28)19-35-36-27(38)18-20-8-2-1-3-9-20/h1-17,19,28-30H,18H2,(H,36,38)/b35-19-/t28?,29-,30-,33?/m1/s1. The molecule has 0 spiro atoms. The van der Waals surface area contributed by atoms with Gasteiger partial charge in [-0.25, -0.2) is 10.3 Å². The number of carbonyl (C=O) groups excluding carboxylic acids is 3. The first-order valence-corrected chi connectivity index (χ1v) is 14.0. The number of hydrogen-bond donors (Lipinski definition) is 1. The van der Waals surface area contributed by atoms with Gasteiger partial charge in [0.25, 0.3) is 0 Å². The van der Waals surface area contributed by atoms with Crippen molar-refractivity contribution in [1.82, 2.24) is 5.43 Å². The average Bonchev–Trinajstić information content (AvgIpc) is 3.25. The summed E-state index contributed by atoms with van der Waals surface area (Å²) in [5, 5.41) is 4.47. The molecule has 4 aromatic carbocycles. The van der Waals surface area contributed by atoms with Crippen LogP contribution in [0.1, 0.15) is 33.7 Å². The number of hydrazone groups is 1. The summed E-state index contributed by atoms with van der Waals surface area (Å²) in [4.78, 5) is 42.6. The van der Waals surface area contributed by atoms with Crippen molar-refractivity contribution in [3.63, 3.8) is 0 Å². The van der Waals surface area contributed by atoms with Gasteiger partial charge in [-0.1, -0.05) is 94.8 Å². The van der Waals surface area contributed by atoms with Crippen LogP contribution < -0.4 is 10.3 Å². The number of benzene rings is 4. The van der Waals surface area contributed by atoms with Crippen molar-refractivity contribution in [2.75, 3.05) is 4.90 Å². The molecule has 1 N–H and O–H groups in total. The van der Waals surface area contributed by atoms with Crippen LogP contribution in [0.25, 0.3) is 0 Å². The highest BCUT2D eigenvalue weighted by Crippen LogP contribution is 2.63. The number of amides is 3. The number of nitrogens with zero attached hydrogens (tertiary/aromatic N) is 2. The molecule has 0 radical (unpaired) electrons. The van der Waals surface area contributed by atoms with Crippen LogP contribution in [0.15, 0.2) is 113 Å². The first kappa shape index (κ1) is 24.7. The third-order valence-electron chi connectivity index (χ3n) is 8.43. The molecule has 4 aromatic rings. The summed E-state index contributed by atoms with van der Waals surface area (Å²) in [5.41, 5.74) is 7.01. The number of rotatable bonds is 5. The van der Waals surface area contributed by atoms with Gasteiger partial charge in [0.2, 0.25) is 17.7 Å². The number of halogens is 1. The SMILES string of the molecule is O=C(Cc1ccccc1)N/N=C\C12c3ccccc3C(c3ccccc31)[C@H]1C(=O)N(c3ccc(Br)cc3)C(=O)[C@@H]12. The molecule has 0 aromatic heterocycles. The maximum atomic E-state index is 14.3. The fraction of sp³-hybridized carbons (Fsp3) is 0.152. The van der Waals surface area contributed by atoms with Gasteiger partial charge in [-0.15, -0.1) is 0 Å². The third-order valence-corrected chi connectivity index (χ3v) is 8.96. The molecule has 1 saturated heterocycles. The van der Waals surface area contributed by atoms with Gasteiger partial charge in [0.05, 0.1) is 29.4 Å². The Morgan fingerprint density at radius 1 is 0.825 bits per heavy atom. The molecule has 4 aliphatic rings. The molecule has 0 unspecified atom stereocenters. The highest BCUT2D eigenvalue weighted by atomic mass is 79.9. The minimum atomic E-state index is -1.02. The molecule has 196 valence electrons. The molecule has 8 rings (SSSR count). The fourth-order valence-electron chi connectivity index (χ4n) is 6.92. The molecule has 40 heavy (non-hydrogen) atoms. The highest BCUT2D eigenvalue weighted by molar-refractivity contribution is 9.10. The fourth-order valence-corrected chi connectivity index (χ4v) is 7.19. The van der Waals surface area contributed by atoms with Crippen LogP contribution in [0, 0.1) is 11.8 Å². The van der Waals surface area contributed by atoms with E-state index in [-0.39, 0.29) is 30.1 Å². The number of anilines is 1. The summed E-state index contributed by atoms with van der Waals surface area (Å²) < 4.78 is 0.863. The van der Waals surface area contributed by atoms with E-state index in [0.29, 0.717) is 5.69 Å². The van der Waals surface area contributed by atoms with Gasteiger partial charge >= 0.3 is 0 Å². The lowest BCUT2D eigenvalue weighted by Crippen LogP contribution is -2.54. The van der Waals surface area contributed by atoms with Crippen molar-refractivity contribution < 1.29 is 14.4 Å². The number of carbonyl (C=O) groups is 3. The van der Waals surface area contributed by atoms with E-state index in [1.54, 1.807) is 18.3 Å². The van der Waals surface area contributed by atoms with Crippen LogP contribution in [0.5, 0.6) is 0 Å². The second kappa shape index (κ2) is 9.38. The highest BCUT2D eigenvalue weighted by Gasteiger charge is 2.68. The Balaban J connectivity index is 1.36. The summed E-state index contributed by atoms with van der Waals surface area (Å²) >= 11 is 3.44. The van der Waals surface area contributed by atoms with Crippen molar-refractivity contribution in [3.05, 3.63) is 135 Å². The predicted molar refractivity (Wildman–Crippen MR) is 156 cm³/mol. The minimum Gasteiger partial charge on any atom is -0.274 e. The van der Waals surface area contributed by atoms with Gasteiger partial charge in [-0.2, -0.15) is 5.10 Å². The first-order chi connectivity index (χ1) is 19.5. The van der Waals surface area contributed by atoms with Gasteiger partial charge in [0, 0.05) is 16.6 Å². The topological polar surface area (TPSA) is 78.8 Å². The normalized spacial score (nSPS) is 24.1. The molecule has 1 fully saturated rings. The van der Waals surface area contributed by atoms with E-state index in [1.807, 2.05) is 91.0 Å². The lowest BCUT2D eigenvalue weighted by atomic mass is 9.47. The molecule has 3 amide bonds. The predicted octanol–water partition coefficient (Wildman–Crippen LogP) is 5.34. The second-order valence-electron chi connectivity index (χ2n) is 10.5. The molecule has 2 bridgehead atoms. The Bertz CT molecular complexity index is 1650. The number of hydrogen-bond acceptors (Lipinski definition) is 4. The van der Waals surface area contributed by atoms with Crippen molar-refractivity contribution in [2.45, 2.75) is 17.8 Å². The van der Waals surface area contributed by atoms with Gasteiger partial charge in [0.15, 0.2) is 0 Å². The molecule has 1 heterocycles. The van der Waals surface area contributed by atoms with Crippen LogP contribution in [0.2, 0.25) is 0 Å². The smallest absolute Gasteiger partial charge is 0.244 e. The van der Waals surface area contributed by atoms with Crippen LogP contribution in [-0.4, -0.2) is 23.9 Å². The largest absolute Gasteiger partial charge is 0.274 e. The van der Waals surface area contributed by atoms with Gasteiger partial charge in [0.1, 0.15) is 0 Å². The monoisotopic (exact) mass is 589 g/mol. The lowest BCUT2D eigenvalue weighted by molar-refractivity contribution is -0.123. The van der Waals surface area contributed by atoms with E-state index in [0.717, 1.165) is 32.3 Å². The molecule has 1 aliphatic heterocycles. The molecule has 2 atom stereocenters. The van der Waals surface area contributed by atoms with Gasteiger partial charge in [-0.05, 0) is 52.1 Å². The van der Waals surface area contributed by atoms with E-state index >= 15 is 0 Å². The van der Waals surface area contributed by atoms with E-state index in [1.165, 1.54) is 4.90 Å². The molecule has 7 heteroatoms. The Labute approximate surface area is 239 Å². The van der Waals surface area contributed by atoms with Crippen LogP contribution >= 0.6 is 15.9 Å². The van der Waals surface area contributed by atoms with Crippen molar-refractivity contribution >= 4 is 45.6 Å². The van der Waals surface area contributed by atoms with Crippen molar-refractivity contribution in [3.8, 4) is 0 Å². The van der Waals surface area contributed by atoms with E-state index in [4.69, 9.17) is 0 Å². The van der Waals surface area contributed by atoms with Crippen LogP contribution in [-0.2, 0) is 26.2 Å². The van der Waals surface area contributed by atoms with Gasteiger partial charge in [-0.3, -0.25) is 14.4 Å². The maximum absolute atomic E-state index is 14.3. The Hall–Kier alpha value is -4.36. The number of imide groups is 1. The third kappa shape index (κ3) is 3.54. The van der Waals surface area contributed by atoms with E-state index < -0.39 is 17.3 Å². The Kier molecular flexibility index (Phi) is 5.78. The average molecular weight is 590 g/mol.